The van der Waals surface area contributed by atoms with Crippen molar-refractivity contribution in [3.8, 4) is 0 Å². The molecule has 0 heterocycles. The fourth-order valence-electron chi connectivity index (χ4n) is 3.05. The van der Waals surface area contributed by atoms with Crippen LogP contribution < -0.4 is 5.32 Å². The maximum atomic E-state index is 12.3. The summed E-state index contributed by atoms with van der Waals surface area (Å²) in [6, 6.07) is 7.03. The molecule has 1 aliphatic rings. The summed E-state index contributed by atoms with van der Waals surface area (Å²) in [5, 5.41) is 11.7. The van der Waals surface area contributed by atoms with Crippen LogP contribution in [-0.4, -0.2) is 17.0 Å². The summed E-state index contributed by atoms with van der Waals surface area (Å²) >= 11 is 0. The van der Waals surface area contributed by atoms with Crippen LogP contribution in [0.1, 0.15) is 45.1 Å². The number of carbonyl (C=O) groups is 2. The highest BCUT2D eigenvalue weighted by atomic mass is 16.4. The van der Waals surface area contributed by atoms with Gasteiger partial charge in [-0.2, -0.15) is 0 Å². The van der Waals surface area contributed by atoms with E-state index in [0.717, 1.165) is 30.5 Å². The second kappa shape index (κ2) is 6.29. The third-order valence-corrected chi connectivity index (χ3v) is 4.15. The van der Waals surface area contributed by atoms with Crippen LogP contribution in [0.25, 0.3) is 0 Å². The van der Waals surface area contributed by atoms with Gasteiger partial charge in [0, 0.05) is 11.6 Å². The van der Waals surface area contributed by atoms with Crippen molar-refractivity contribution in [2.45, 2.75) is 46.0 Å². The molecule has 2 N–H and O–H groups in total. The molecule has 1 fully saturated rings. The molecule has 2 rings (SSSR count). The van der Waals surface area contributed by atoms with Crippen molar-refractivity contribution in [2.24, 2.45) is 11.3 Å². The summed E-state index contributed by atoms with van der Waals surface area (Å²) in [5.74, 6) is -0.697. The number of hydrogen-bond acceptors (Lipinski definition) is 2. The van der Waals surface area contributed by atoms with Gasteiger partial charge >= 0.3 is 5.97 Å². The molecule has 1 unspecified atom stereocenters. The van der Waals surface area contributed by atoms with Crippen molar-refractivity contribution in [1.82, 2.24) is 0 Å². The predicted molar refractivity (Wildman–Crippen MR) is 82.2 cm³/mol. The zero-order valence-electron chi connectivity index (χ0n) is 12.7. The van der Waals surface area contributed by atoms with Crippen molar-refractivity contribution in [3.63, 3.8) is 0 Å². The molecule has 1 atom stereocenters. The van der Waals surface area contributed by atoms with Gasteiger partial charge in [-0.1, -0.05) is 32.4 Å². The Labute approximate surface area is 125 Å². The van der Waals surface area contributed by atoms with Gasteiger partial charge in [0.15, 0.2) is 0 Å². The zero-order valence-corrected chi connectivity index (χ0v) is 12.7. The van der Waals surface area contributed by atoms with Crippen molar-refractivity contribution < 1.29 is 14.7 Å². The Morgan fingerprint density at radius 1 is 1.29 bits per heavy atom. The van der Waals surface area contributed by atoms with Crippen LogP contribution in [0.15, 0.2) is 24.3 Å². The minimum Gasteiger partial charge on any atom is -0.481 e. The van der Waals surface area contributed by atoms with Crippen LogP contribution in [0.4, 0.5) is 5.69 Å². The highest BCUT2D eigenvalue weighted by Crippen LogP contribution is 2.38. The third kappa shape index (κ3) is 4.59. The fraction of sp³-hybridized carbons (Fsp3) is 0.529. The number of rotatable bonds is 4. The van der Waals surface area contributed by atoms with Crippen LogP contribution in [0, 0.1) is 11.3 Å². The zero-order chi connectivity index (χ0) is 15.5. The maximum absolute atomic E-state index is 12.3. The van der Waals surface area contributed by atoms with Crippen molar-refractivity contribution in [2.75, 3.05) is 5.32 Å². The molecule has 21 heavy (non-hydrogen) atoms. The molecule has 1 aliphatic carbocycles. The van der Waals surface area contributed by atoms with Crippen LogP contribution >= 0.6 is 0 Å². The molecule has 1 aromatic rings. The van der Waals surface area contributed by atoms with Gasteiger partial charge in [0.05, 0.1) is 6.42 Å². The van der Waals surface area contributed by atoms with E-state index in [0.29, 0.717) is 0 Å². The van der Waals surface area contributed by atoms with Gasteiger partial charge in [-0.15, -0.1) is 0 Å². The Morgan fingerprint density at radius 3 is 2.52 bits per heavy atom. The number of hydrogen-bond donors (Lipinski definition) is 2. The highest BCUT2D eigenvalue weighted by molar-refractivity contribution is 5.92. The fourth-order valence-corrected chi connectivity index (χ4v) is 3.05. The van der Waals surface area contributed by atoms with Crippen LogP contribution in [0.2, 0.25) is 0 Å². The standard InChI is InChI=1S/C17H23NO3/c1-17(2)9-3-4-13(11-17)16(21)18-14-7-5-12(6-8-14)10-15(19)20/h5-8,13H,3-4,9-11H2,1-2H3,(H,18,21)(H,19,20). The largest absolute Gasteiger partial charge is 0.481 e. The molecule has 0 saturated heterocycles. The Hall–Kier alpha value is -1.84. The van der Waals surface area contributed by atoms with Gasteiger partial charge in [-0.25, -0.2) is 0 Å². The second-order valence-corrected chi connectivity index (χ2v) is 6.71. The average molecular weight is 289 g/mol. The van der Waals surface area contributed by atoms with Crippen LogP contribution in [-0.2, 0) is 16.0 Å². The number of aliphatic carboxylic acids is 1. The highest BCUT2D eigenvalue weighted by Gasteiger charge is 2.31. The van der Waals surface area contributed by atoms with Gasteiger partial charge in [0.1, 0.15) is 0 Å². The first-order valence-electron chi connectivity index (χ1n) is 7.47. The van der Waals surface area contributed by atoms with E-state index in [1.54, 1.807) is 24.3 Å². The Kier molecular flexibility index (Phi) is 4.66. The minimum atomic E-state index is -0.851. The van der Waals surface area contributed by atoms with Gasteiger partial charge in [-0.3, -0.25) is 9.59 Å². The number of nitrogens with one attached hydrogen (secondary N) is 1. The summed E-state index contributed by atoms with van der Waals surface area (Å²) in [6.07, 6.45) is 4.16. The summed E-state index contributed by atoms with van der Waals surface area (Å²) in [5.41, 5.74) is 1.71. The van der Waals surface area contributed by atoms with E-state index in [9.17, 15) is 9.59 Å². The summed E-state index contributed by atoms with van der Waals surface area (Å²) in [7, 11) is 0. The van der Waals surface area contributed by atoms with E-state index in [1.807, 2.05) is 0 Å². The average Bonchev–Trinajstić information content (AvgIpc) is 2.39. The lowest BCUT2D eigenvalue weighted by Crippen LogP contribution is -2.31. The third-order valence-electron chi connectivity index (χ3n) is 4.15. The van der Waals surface area contributed by atoms with E-state index in [2.05, 4.69) is 19.2 Å². The van der Waals surface area contributed by atoms with Crippen molar-refractivity contribution >= 4 is 17.6 Å². The molecule has 0 spiro atoms. The molecule has 0 aliphatic heterocycles. The summed E-state index contributed by atoms with van der Waals surface area (Å²) in [4.78, 5) is 22.9. The van der Waals surface area contributed by atoms with Gasteiger partial charge < -0.3 is 10.4 Å². The first-order chi connectivity index (χ1) is 9.85. The maximum Gasteiger partial charge on any atom is 0.307 e. The lowest BCUT2D eigenvalue weighted by Gasteiger charge is -2.34. The van der Waals surface area contributed by atoms with Gasteiger partial charge in [0.2, 0.25) is 5.91 Å². The number of carbonyl (C=O) groups excluding carboxylic acids is 1. The predicted octanol–water partition coefficient (Wildman–Crippen LogP) is 3.47. The van der Waals surface area contributed by atoms with Gasteiger partial charge in [0.25, 0.3) is 0 Å². The quantitative estimate of drug-likeness (QED) is 0.892. The molecule has 4 heteroatoms. The van der Waals surface area contributed by atoms with E-state index >= 15 is 0 Å². The summed E-state index contributed by atoms with van der Waals surface area (Å²) in [6.45, 7) is 4.43. The lowest BCUT2D eigenvalue weighted by molar-refractivity contribution is -0.136. The molecule has 1 aromatic carbocycles. The van der Waals surface area contributed by atoms with Gasteiger partial charge in [-0.05, 0) is 42.4 Å². The minimum absolute atomic E-state index is 0.00500. The molecular formula is C17H23NO3. The number of benzene rings is 1. The number of amides is 1. The van der Waals surface area contributed by atoms with Crippen LogP contribution in [0.5, 0.6) is 0 Å². The first kappa shape index (κ1) is 15.5. The molecule has 0 radical (unpaired) electrons. The molecule has 1 saturated carbocycles. The van der Waals surface area contributed by atoms with Crippen molar-refractivity contribution in [3.05, 3.63) is 29.8 Å². The molecule has 1 amide bonds. The number of carboxylic acids is 1. The Balaban J connectivity index is 1.94. The lowest BCUT2D eigenvalue weighted by atomic mass is 9.72. The smallest absolute Gasteiger partial charge is 0.307 e. The molecule has 0 aromatic heterocycles. The van der Waals surface area contributed by atoms with Crippen LogP contribution in [0.3, 0.4) is 0 Å². The number of anilines is 1. The normalized spacial score (nSPS) is 20.8. The molecular weight excluding hydrogens is 266 g/mol. The van der Waals surface area contributed by atoms with E-state index in [1.165, 1.54) is 6.42 Å². The summed E-state index contributed by atoms with van der Waals surface area (Å²) < 4.78 is 0. The Morgan fingerprint density at radius 2 is 1.95 bits per heavy atom. The topological polar surface area (TPSA) is 66.4 Å². The number of carboxylic acid groups (broad SMARTS) is 1. The second-order valence-electron chi connectivity index (χ2n) is 6.71. The monoisotopic (exact) mass is 289 g/mol. The molecule has 4 nitrogen and oxygen atoms in total. The van der Waals surface area contributed by atoms with E-state index in [4.69, 9.17) is 5.11 Å². The SMILES string of the molecule is CC1(C)CCCC(C(=O)Nc2ccc(CC(=O)O)cc2)C1. The molecule has 114 valence electrons. The van der Waals surface area contributed by atoms with E-state index in [-0.39, 0.29) is 23.7 Å². The van der Waals surface area contributed by atoms with E-state index < -0.39 is 5.97 Å². The van der Waals surface area contributed by atoms with Crippen molar-refractivity contribution in [1.29, 1.82) is 0 Å². The first-order valence-corrected chi connectivity index (χ1v) is 7.47. The molecule has 0 bridgehead atoms. The Bertz CT molecular complexity index is 519.